The van der Waals surface area contributed by atoms with Crippen molar-refractivity contribution in [3.05, 3.63) is 28.4 Å². The van der Waals surface area contributed by atoms with E-state index in [1.165, 1.54) is 12.5 Å². The van der Waals surface area contributed by atoms with Crippen LogP contribution in [0.3, 0.4) is 0 Å². The Morgan fingerprint density at radius 1 is 1.50 bits per heavy atom. The van der Waals surface area contributed by atoms with Crippen LogP contribution in [0, 0.1) is 0 Å². The third kappa shape index (κ3) is 2.11. The minimum Gasteiger partial charge on any atom is -0.477 e. The van der Waals surface area contributed by atoms with Gasteiger partial charge in [0.05, 0.1) is 6.33 Å². The molecule has 86 valence electrons. The van der Waals surface area contributed by atoms with Gasteiger partial charge < -0.3 is 14.4 Å². The maximum Gasteiger partial charge on any atom is 0.342 e. The lowest BCUT2D eigenvalue weighted by atomic mass is 10.1. The van der Waals surface area contributed by atoms with Crippen molar-refractivity contribution < 1.29 is 14.6 Å². The monoisotopic (exact) mass is 224 g/mol. The van der Waals surface area contributed by atoms with Crippen LogP contribution in [0.2, 0.25) is 0 Å². The molecule has 0 saturated carbocycles. The first-order valence-corrected chi connectivity index (χ1v) is 5.07. The molecule has 2 rings (SSSR count). The Kier molecular flexibility index (Phi) is 3.00. The Morgan fingerprint density at radius 2 is 2.19 bits per heavy atom. The normalized spacial score (nSPS) is 17.2. The molecule has 0 aromatic carbocycles. The quantitative estimate of drug-likeness (QED) is 0.781. The van der Waals surface area contributed by atoms with Crippen molar-refractivity contribution in [3.63, 3.8) is 0 Å². The molecule has 0 aliphatic carbocycles. The van der Waals surface area contributed by atoms with Crippen molar-refractivity contribution in [1.82, 2.24) is 9.55 Å². The van der Waals surface area contributed by atoms with E-state index in [2.05, 4.69) is 4.98 Å². The second-order valence-corrected chi connectivity index (χ2v) is 3.69. The second-order valence-electron chi connectivity index (χ2n) is 3.69. The second kappa shape index (κ2) is 4.44. The highest BCUT2D eigenvalue weighted by atomic mass is 16.5. The SMILES string of the molecule is O=C(O)c1cn(C2CCOCC2)cnc1=O. The molecule has 0 radical (unpaired) electrons. The van der Waals surface area contributed by atoms with Crippen LogP contribution in [0.15, 0.2) is 17.3 Å². The standard InChI is InChI=1S/C10H12N2O4/c13-9-8(10(14)15)5-12(6-11-9)7-1-3-16-4-2-7/h5-7H,1-4H2,(H,14,15). The van der Waals surface area contributed by atoms with Crippen LogP contribution >= 0.6 is 0 Å². The maximum atomic E-state index is 11.2. The van der Waals surface area contributed by atoms with Gasteiger partial charge in [-0.25, -0.2) is 4.79 Å². The summed E-state index contributed by atoms with van der Waals surface area (Å²) in [5.41, 5.74) is -0.982. The highest BCUT2D eigenvalue weighted by Crippen LogP contribution is 2.19. The van der Waals surface area contributed by atoms with Gasteiger partial charge in [-0.1, -0.05) is 0 Å². The van der Waals surface area contributed by atoms with E-state index in [1.54, 1.807) is 4.57 Å². The number of hydrogen-bond acceptors (Lipinski definition) is 4. The molecule has 0 bridgehead atoms. The molecular weight excluding hydrogens is 212 g/mol. The molecule has 6 nitrogen and oxygen atoms in total. The number of nitrogens with zero attached hydrogens (tertiary/aromatic N) is 2. The van der Waals surface area contributed by atoms with Crippen LogP contribution in [0.25, 0.3) is 0 Å². The first-order chi connectivity index (χ1) is 7.68. The molecule has 1 aliphatic heterocycles. The van der Waals surface area contributed by atoms with Crippen LogP contribution in [0.1, 0.15) is 29.2 Å². The fraction of sp³-hybridized carbons (Fsp3) is 0.500. The largest absolute Gasteiger partial charge is 0.477 e. The lowest BCUT2D eigenvalue weighted by Crippen LogP contribution is -2.25. The summed E-state index contributed by atoms with van der Waals surface area (Å²) >= 11 is 0. The summed E-state index contributed by atoms with van der Waals surface area (Å²) in [6.45, 7) is 1.30. The summed E-state index contributed by atoms with van der Waals surface area (Å²) < 4.78 is 6.90. The summed E-state index contributed by atoms with van der Waals surface area (Å²) in [7, 11) is 0. The minimum atomic E-state index is -1.24. The van der Waals surface area contributed by atoms with E-state index >= 15 is 0 Å². The van der Waals surface area contributed by atoms with Gasteiger partial charge >= 0.3 is 5.97 Å². The topological polar surface area (TPSA) is 81.4 Å². The van der Waals surface area contributed by atoms with Gasteiger partial charge in [0.1, 0.15) is 5.56 Å². The first kappa shape index (κ1) is 10.8. The van der Waals surface area contributed by atoms with E-state index in [0.717, 1.165) is 12.8 Å². The van der Waals surface area contributed by atoms with Gasteiger partial charge in [0.15, 0.2) is 0 Å². The van der Waals surface area contributed by atoms with Crippen molar-refractivity contribution in [3.8, 4) is 0 Å². The molecule has 1 N–H and O–H groups in total. The zero-order valence-corrected chi connectivity index (χ0v) is 8.63. The van der Waals surface area contributed by atoms with E-state index in [4.69, 9.17) is 9.84 Å². The predicted molar refractivity (Wildman–Crippen MR) is 54.5 cm³/mol. The average molecular weight is 224 g/mol. The zero-order chi connectivity index (χ0) is 11.5. The fourth-order valence-electron chi connectivity index (χ4n) is 1.76. The number of carbonyl (C=O) groups is 1. The zero-order valence-electron chi connectivity index (χ0n) is 8.63. The lowest BCUT2D eigenvalue weighted by molar-refractivity contribution is 0.0671. The van der Waals surface area contributed by atoms with Gasteiger partial charge in [-0.05, 0) is 12.8 Å². The van der Waals surface area contributed by atoms with Gasteiger partial charge in [-0.2, -0.15) is 4.98 Å². The third-order valence-electron chi connectivity index (χ3n) is 2.66. The number of rotatable bonds is 2. The molecule has 1 aromatic heterocycles. The summed E-state index contributed by atoms with van der Waals surface area (Å²) in [5, 5.41) is 8.81. The molecule has 0 amide bonds. The predicted octanol–water partition coefficient (Wildman–Crippen LogP) is 0.293. The van der Waals surface area contributed by atoms with Crippen LogP contribution in [-0.2, 0) is 4.74 Å². The summed E-state index contributed by atoms with van der Waals surface area (Å²) in [6.07, 6.45) is 4.37. The Bertz CT molecular complexity index is 448. The Balaban J connectivity index is 2.31. The molecule has 6 heteroatoms. The average Bonchev–Trinajstić information content (AvgIpc) is 2.30. The minimum absolute atomic E-state index is 0.167. The molecule has 1 saturated heterocycles. The first-order valence-electron chi connectivity index (χ1n) is 5.07. The number of aromatic carboxylic acids is 1. The maximum absolute atomic E-state index is 11.2. The molecule has 2 heterocycles. The third-order valence-corrected chi connectivity index (χ3v) is 2.66. The van der Waals surface area contributed by atoms with E-state index in [9.17, 15) is 9.59 Å². The van der Waals surface area contributed by atoms with Gasteiger partial charge in [-0.15, -0.1) is 0 Å². The van der Waals surface area contributed by atoms with E-state index in [-0.39, 0.29) is 11.6 Å². The van der Waals surface area contributed by atoms with Crippen molar-refractivity contribution in [1.29, 1.82) is 0 Å². The van der Waals surface area contributed by atoms with Crippen molar-refractivity contribution in [2.75, 3.05) is 13.2 Å². The van der Waals surface area contributed by atoms with Gasteiger partial charge in [-0.3, -0.25) is 4.79 Å². The molecule has 1 aliphatic rings. The van der Waals surface area contributed by atoms with Crippen molar-refractivity contribution in [2.24, 2.45) is 0 Å². The number of aromatic nitrogens is 2. The van der Waals surface area contributed by atoms with Crippen molar-refractivity contribution in [2.45, 2.75) is 18.9 Å². The summed E-state index contributed by atoms with van der Waals surface area (Å²) in [5.74, 6) is -1.24. The number of ether oxygens (including phenoxy) is 1. The lowest BCUT2D eigenvalue weighted by Gasteiger charge is -2.24. The summed E-state index contributed by atoms with van der Waals surface area (Å²) in [6, 6.07) is 0.167. The van der Waals surface area contributed by atoms with E-state index < -0.39 is 11.5 Å². The molecule has 0 atom stereocenters. The van der Waals surface area contributed by atoms with Crippen LogP contribution in [0.4, 0.5) is 0 Å². The summed E-state index contributed by atoms with van der Waals surface area (Å²) in [4.78, 5) is 25.5. The Morgan fingerprint density at radius 3 is 2.81 bits per heavy atom. The highest BCUT2D eigenvalue weighted by molar-refractivity contribution is 5.86. The number of hydrogen-bond donors (Lipinski definition) is 1. The smallest absolute Gasteiger partial charge is 0.342 e. The molecule has 1 aromatic rings. The van der Waals surface area contributed by atoms with Crippen LogP contribution < -0.4 is 5.56 Å². The Labute approximate surface area is 91.5 Å². The molecular formula is C10H12N2O4. The van der Waals surface area contributed by atoms with Crippen LogP contribution in [0.5, 0.6) is 0 Å². The van der Waals surface area contributed by atoms with Crippen LogP contribution in [-0.4, -0.2) is 33.8 Å². The van der Waals surface area contributed by atoms with Gasteiger partial charge in [0, 0.05) is 25.5 Å². The molecule has 0 spiro atoms. The highest BCUT2D eigenvalue weighted by Gasteiger charge is 2.17. The molecule has 16 heavy (non-hydrogen) atoms. The number of carboxylic acids is 1. The molecule has 0 unspecified atom stereocenters. The fourth-order valence-corrected chi connectivity index (χ4v) is 1.76. The van der Waals surface area contributed by atoms with E-state index in [1.807, 2.05) is 0 Å². The van der Waals surface area contributed by atoms with E-state index in [0.29, 0.717) is 13.2 Å². The van der Waals surface area contributed by atoms with Crippen molar-refractivity contribution >= 4 is 5.97 Å². The number of carboxylic acid groups (broad SMARTS) is 1. The van der Waals surface area contributed by atoms with Gasteiger partial charge in [0.25, 0.3) is 5.56 Å². The Hall–Kier alpha value is -1.69. The molecule has 1 fully saturated rings. The van der Waals surface area contributed by atoms with Gasteiger partial charge in [0.2, 0.25) is 0 Å².